The largest absolute Gasteiger partial charge is 0.272 e. The van der Waals surface area contributed by atoms with Crippen LogP contribution < -0.4 is 5.43 Å². The zero-order valence-electron chi connectivity index (χ0n) is 12.1. The highest BCUT2D eigenvalue weighted by Crippen LogP contribution is 2.24. The Morgan fingerprint density at radius 2 is 1.96 bits per heavy atom. The molecule has 7 heteroatoms. The van der Waals surface area contributed by atoms with Gasteiger partial charge in [0, 0.05) is 15.5 Å². The number of carbonyl (C=O) groups is 1. The zero-order chi connectivity index (χ0) is 16.8. The van der Waals surface area contributed by atoms with Crippen LogP contribution in [-0.2, 0) is 4.79 Å². The molecule has 0 radical (unpaired) electrons. The number of nitrogens with zero attached hydrogens (tertiary/aromatic N) is 1. The fourth-order valence-corrected chi connectivity index (χ4v) is 2.86. The monoisotopic (exact) mass is 370 g/mol. The molecule has 23 heavy (non-hydrogen) atoms. The maximum absolute atomic E-state index is 13.6. The molecule has 0 saturated carbocycles. The third kappa shape index (κ3) is 5.23. The van der Waals surface area contributed by atoms with E-state index in [-0.39, 0.29) is 21.7 Å². The van der Waals surface area contributed by atoms with E-state index in [9.17, 15) is 9.18 Å². The molecular weight excluding hydrogens is 358 g/mol. The summed E-state index contributed by atoms with van der Waals surface area (Å²) in [6.07, 6.45) is 1.19. The topological polar surface area (TPSA) is 41.5 Å². The highest BCUT2D eigenvalue weighted by Gasteiger charge is 2.13. The minimum atomic E-state index is -0.501. The average molecular weight is 371 g/mol. The molecule has 2 aromatic rings. The molecule has 0 spiro atoms. The third-order valence-electron chi connectivity index (χ3n) is 2.86. The summed E-state index contributed by atoms with van der Waals surface area (Å²) in [6.45, 7) is 1.75. The van der Waals surface area contributed by atoms with Crippen LogP contribution in [0.25, 0.3) is 0 Å². The molecule has 0 saturated heterocycles. The van der Waals surface area contributed by atoms with Crippen molar-refractivity contribution in [1.82, 2.24) is 5.43 Å². The van der Waals surface area contributed by atoms with Crippen LogP contribution in [0.4, 0.5) is 4.39 Å². The maximum Gasteiger partial charge on any atom is 0.253 e. The van der Waals surface area contributed by atoms with Gasteiger partial charge in [-0.3, -0.25) is 4.79 Å². The lowest BCUT2D eigenvalue weighted by molar-refractivity contribution is -0.120. The molecule has 0 fully saturated rings. The number of nitrogens with one attached hydrogen (secondary N) is 1. The molecule has 1 amide bonds. The van der Waals surface area contributed by atoms with Crippen molar-refractivity contribution in [3.05, 3.63) is 63.9 Å². The molecule has 2 aromatic carbocycles. The number of hydrogen-bond donors (Lipinski definition) is 1. The van der Waals surface area contributed by atoms with Gasteiger partial charge in [-0.05, 0) is 43.3 Å². The lowest BCUT2D eigenvalue weighted by atomic mass is 10.2. The second kappa shape index (κ2) is 8.34. The highest BCUT2D eigenvalue weighted by molar-refractivity contribution is 8.00. The van der Waals surface area contributed by atoms with E-state index >= 15 is 0 Å². The van der Waals surface area contributed by atoms with Gasteiger partial charge in [0.15, 0.2) is 0 Å². The van der Waals surface area contributed by atoms with Gasteiger partial charge in [0.1, 0.15) is 5.82 Å². The van der Waals surface area contributed by atoms with Gasteiger partial charge >= 0.3 is 0 Å². The fraction of sp³-hybridized carbons (Fsp3) is 0.125. The molecule has 0 bridgehead atoms. The van der Waals surface area contributed by atoms with Crippen LogP contribution in [0.1, 0.15) is 12.5 Å². The Kier molecular flexibility index (Phi) is 6.45. The quantitative estimate of drug-likeness (QED) is 0.468. The number of rotatable bonds is 5. The lowest BCUT2D eigenvalue weighted by Crippen LogP contribution is -2.26. The summed E-state index contributed by atoms with van der Waals surface area (Å²) in [5.41, 5.74) is 2.51. The van der Waals surface area contributed by atoms with E-state index < -0.39 is 5.82 Å². The lowest BCUT2D eigenvalue weighted by Gasteiger charge is -2.09. The summed E-state index contributed by atoms with van der Waals surface area (Å²) in [5, 5.41) is 4.25. The van der Waals surface area contributed by atoms with Crippen molar-refractivity contribution >= 4 is 47.1 Å². The normalized spacial score (nSPS) is 12.3. The maximum atomic E-state index is 13.6. The molecule has 1 atom stereocenters. The Balaban J connectivity index is 1.93. The Labute approximate surface area is 147 Å². The second-order valence-electron chi connectivity index (χ2n) is 4.58. The molecule has 0 aliphatic carbocycles. The van der Waals surface area contributed by atoms with Crippen molar-refractivity contribution in [2.75, 3.05) is 0 Å². The predicted molar refractivity (Wildman–Crippen MR) is 93.9 cm³/mol. The number of carbonyl (C=O) groups excluding carboxylic acids is 1. The van der Waals surface area contributed by atoms with E-state index in [1.807, 2.05) is 12.1 Å². The molecular formula is C16H13Cl2FN2OS. The molecule has 0 aromatic heterocycles. The first-order chi connectivity index (χ1) is 11.0. The minimum absolute atomic E-state index is 0.132. The van der Waals surface area contributed by atoms with Crippen LogP contribution in [0.2, 0.25) is 10.0 Å². The first-order valence-corrected chi connectivity index (χ1v) is 8.30. The van der Waals surface area contributed by atoms with Crippen LogP contribution in [0.5, 0.6) is 0 Å². The van der Waals surface area contributed by atoms with Crippen molar-refractivity contribution < 1.29 is 9.18 Å². The molecule has 0 heterocycles. The smallest absolute Gasteiger partial charge is 0.253 e. The van der Waals surface area contributed by atoms with E-state index in [4.69, 9.17) is 23.2 Å². The van der Waals surface area contributed by atoms with Gasteiger partial charge in [-0.15, -0.1) is 11.8 Å². The van der Waals surface area contributed by atoms with Crippen molar-refractivity contribution in [1.29, 1.82) is 0 Å². The molecule has 0 unspecified atom stereocenters. The first-order valence-electron chi connectivity index (χ1n) is 6.66. The highest BCUT2D eigenvalue weighted by atomic mass is 35.5. The van der Waals surface area contributed by atoms with Crippen molar-refractivity contribution in [3.63, 3.8) is 0 Å². The summed E-state index contributed by atoms with van der Waals surface area (Å²) >= 11 is 13.1. The summed E-state index contributed by atoms with van der Waals surface area (Å²) in [4.78, 5) is 12.9. The van der Waals surface area contributed by atoms with Crippen LogP contribution >= 0.6 is 35.0 Å². The standard InChI is InChI=1S/C16H13Cl2FN2OS/c1-10(23-12-7-5-11(17)6-8-12)16(22)21-20-9-13-14(18)3-2-4-15(13)19/h2-10H,1H3,(H,21,22)/b20-9-/t10-/m0/s1. The predicted octanol–water partition coefficient (Wildman–Crippen LogP) is 4.76. The summed E-state index contributed by atoms with van der Waals surface area (Å²) in [6, 6.07) is 11.5. The Morgan fingerprint density at radius 3 is 2.61 bits per heavy atom. The number of halogens is 3. The summed E-state index contributed by atoms with van der Waals surface area (Å²) in [5.74, 6) is -0.798. The number of hydrogen-bond acceptors (Lipinski definition) is 3. The number of benzene rings is 2. The minimum Gasteiger partial charge on any atom is -0.272 e. The number of hydrazone groups is 1. The Morgan fingerprint density at radius 1 is 1.26 bits per heavy atom. The molecule has 3 nitrogen and oxygen atoms in total. The number of amides is 1. The van der Waals surface area contributed by atoms with Crippen LogP contribution in [0, 0.1) is 5.82 Å². The van der Waals surface area contributed by atoms with Gasteiger partial charge in [-0.25, -0.2) is 9.82 Å². The zero-order valence-corrected chi connectivity index (χ0v) is 14.4. The first kappa shape index (κ1) is 17.8. The summed E-state index contributed by atoms with van der Waals surface area (Å²) in [7, 11) is 0. The van der Waals surface area contributed by atoms with Crippen LogP contribution in [0.15, 0.2) is 52.5 Å². The molecule has 120 valence electrons. The van der Waals surface area contributed by atoms with E-state index in [0.29, 0.717) is 5.02 Å². The van der Waals surface area contributed by atoms with Crippen molar-refractivity contribution in [3.8, 4) is 0 Å². The molecule has 0 aliphatic rings. The van der Waals surface area contributed by atoms with Gasteiger partial charge in [0.05, 0.1) is 16.5 Å². The third-order valence-corrected chi connectivity index (χ3v) is 4.56. The van der Waals surface area contributed by atoms with E-state index in [1.54, 1.807) is 25.1 Å². The van der Waals surface area contributed by atoms with Gasteiger partial charge in [-0.2, -0.15) is 5.10 Å². The number of thioether (sulfide) groups is 1. The SMILES string of the molecule is C[C@H](Sc1ccc(Cl)cc1)C(=O)N/N=C\c1c(F)cccc1Cl. The van der Waals surface area contributed by atoms with Crippen molar-refractivity contribution in [2.45, 2.75) is 17.1 Å². The molecule has 1 N–H and O–H groups in total. The van der Waals surface area contributed by atoms with Gasteiger partial charge in [0.2, 0.25) is 0 Å². The molecule has 2 rings (SSSR count). The van der Waals surface area contributed by atoms with Crippen molar-refractivity contribution in [2.24, 2.45) is 5.10 Å². The van der Waals surface area contributed by atoms with Crippen LogP contribution in [-0.4, -0.2) is 17.4 Å². The van der Waals surface area contributed by atoms with E-state index in [1.165, 1.54) is 30.1 Å². The van der Waals surface area contributed by atoms with E-state index in [0.717, 1.165) is 4.90 Å². The fourth-order valence-electron chi connectivity index (χ4n) is 1.66. The Hall–Kier alpha value is -1.56. The average Bonchev–Trinajstić information content (AvgIpc) is 2.52. The van der Waals surface area contributed by atoms with E-state index in [2.05, 4.69) is 10.5 Å². The summed E-state index contributed by atoms with van der Waals surface area (Å²) < 4.78 is 13.6. The Bertz CT molecular complexity index is 702. The van der Waals surface area contributed by atoms with Crippen LogP contribution in [0.3, 0.4) is 0 Å². The van der Waals surface area contributed by atoms with Gasteiger partial charge in [-0.1, -0.05) is 29.3 Å². The molecule has 0 aliphatic heterocycles. The second-order valence-corrected chi connectivity index (χ2v) is 6.84. The van der Waals surface area contributed by atoms with Gasteiger partial charge < -0.3 is 0 Å². The van der Waals surface area contributed by atoms with Gasteiger partial charge in [0.25, 0.3) is 5.91 Å².